The number of halogens is 1. The zero-order chi connectivity index (χ0) is 21.2. The van der Waals surface area contributed by atoms with E-state index in [-0.39, 0.29) is 10.8 Å². The Balaban J connectivity index is 1.79. The van der Waals surface area contributed by atoms with E-state index < -0.39 is 20.4 Å². The molecule has 29 heavy (non-hydrogen) atoms. The van der Waals surface area contributed by atoms with Gasteiger partial charge in [-0.3, -0.25) is 14.9 Å². The molecule has 2 aromatic rings. The fourth-order valence-corrected chi connectivity index (χ4v) is 4.28. The summed E-state index contributed by atoms with van der Waals surface area (Å²) in [5.74, 6) is -0.0935. The summed E-state index contributed by atoms with van der Waals surface area (Å²) in [5.41, 5.74) is 0.694. The quantitative estimate of drug-likeness (QED) is 0.538. The lowest BCUT2D eigenvalue weighted by Gasteiger charge is -2.24. The lowest BCUT2D eigenvalue weighted by atomic mass is 10.2. The van der Waals surface area contributed by atoms with Gasteiger partial charge < -0.3 is 9.80 Å². The maximum absolute atomic E-state index is 12.7. The molecule has 1 aliphatic heterocycles. The summed E-state index contributed by atoms with van der Waals surface area (Å²) in [4.78, 5) is 26.6. The van der Waals surface area contributed by atoms with E-state index in [9.17, 15) is 23.3 Å². The molecule has 3 rings (SSSR count). The molecular weight excluding hydrogens is 418 g/mol. The van der Waals surface area contributed by atoms with Crippen LogP contribution in [0.15, 0.2) is 47.4 Å². The van der Waals surface area contributed by atoms with Crippen LogP contribution in [-0.2, 0) is 9.84 Å². The molecule has 0 aromatic heterocycles. The Hall–Kier alpha value is -2.65. The fraction of sp³-hybridized carbons (Fsp3) is 0.316. The number of nitro groups is 1. The minimum Gasteiger partial charge on any atom is -0.370 e. The van der Waals surface area contributed by atoms with Gasteiger partial charge in [0.25, 0.3) is 11.6 Å². The summed E-state index contributed by atoms with van der Waals surface area (Å²) < 4.78 is 24.0. The highest BCUT2D eigenvalue weighted by molar-refractivity contribution is 7.90. The summed E-state index contributed by atoms with van der Waals surface area (Å²) in [7, 11) is -3.76. The topological polar surface area (TPSA) is 101 Å². The predicted octanol–water partition coefficient (Wildman–Crippen LogP) is 3.00. The van der Waals surface area contributed by atoms with E-state index in [4.69, 9.17) is 11.6 Å². The molecule has 0 aliphatic carbocycles. The molecule has 0 unspecified atom stereocenters. The molecule has 0 radical (unpaired) electrons. The third kappa shape index (κ3) is 4.86. The van der Waals surface area contributed by atoms with Crippen LogP contribution in [0.4, 0.5) is 11.4 Å². The van der Waals surface area contributed by atoms with E-state index in [1.165, 1.54) is 12.1 Å². The van der Waals surface area contributed by atoms with Crippen molar-refractivity contribution in [3.05, 3.63) is 63.2 Å². The molecule has 1 amide bonds. The van der Waals surface area contributed by atoms with Crippen LogP contribution in [-0.4, -0.2) is 56.6 Å². The first-order valence-corrected chi connectivity index (χ1v) is 11.2. The van der Waals surface area contributed by atoms with Gasteiger partial charge in [0.2, 0.25) is 0 Å². The largest absolute Gasteiger partial charge is 0.370 e. The first-order chi connectivity index (χ1) is 13.7. The Morgan fingerprint density at radius 2 is 1.76 bits per heavy atom. The van der Waals surface area contributed by atoms with E-state index in [0.717, 1.165) is 6.26 Å². The van der Waals surface area contributed by atoms with E-state index in [1.807, 2.05) is 4.90 Å². The molecule has 2 aromatic carbocycles. The second kappa shape index (κ2) is 8.38. The molecule has 10 heteroatoms. The highest BCUT2D eigenvalue weighted by Gasteiger charge is 2.25. The van der Waals surface area contributed by atoms with Crippen molar-refractivity contribution in [2.24, 2.45) is 0 Å². The monoisotopic (exact) mass is 437 g/mol. The van der Waals surface area contributed by atoms with Gasteiger partial charge in [-0.2, -0.15) is 0 Å². The summed E-state index contributed by atoms with van der Waals surface area (Å²) in [6.45, 7) is 2.10. The van der Waals surface area contributed by atoms with Crippen LogP contribution in [0.25, 0.3) is 0 Å². The standard InChI is InChI=1S/C19H20ClN3O5S/c1-29(27,28)18-13-16(7-8-17(18)23(25)26)21-9-2-10-22(12-11-21)19(24)14-3-5-15(20)6-4-14/h3-8,13H,2,9-12H2,1H3. The SMILES string of the molecule is CS(=O)(=O)c1cc(N2CCCN(C(=O)c3ccc(Cl)cc3)CC2)ccc1[N+](=O)[O-]. The summed E-state index contributed by atoms with van der Waals surface area (Å²) >= 11 is 5.87. The van der Waals surface area contributed by atoms with Crippen molar-refractivity contribution in [3.8, 4) is 0 Å². The van der Waals surface area contributed by atoms with Crippen LogP contribution in [0.2, 0.25) is 5.02 Å². The van der Waals surface area contributed by atoms with Crippen LogP contribution >= 0.6 is 11.6 Å². The number of nitro benzene ring substituents is 1. The maximum Gasteiger partial charge on any atom is 0.288 e. The van der Waals surface area contributed by atoms with Crippen LogP contribution in [0.3, 0.4) is 0 Å². The van der Waals surface area contributed by atoms with Gasteiger partial charge in [-0.05, 0) is 42.8 Å². The molecule has 0 N–H and O–H groups in total. The highest BCUT2D eigenvalue weighted by Crippen LogP contribution is 2.29. The van der Waals surface area contributed by atoms with Crippen molar-refractivity contribution in [2.75, 3.05) is 37.3 Å². The number of carbonyl (C=O) groups is 1. The molecule has 1 saturated heterocycles. The van der Waals surface area contributed by atoms with Crippen molar-refractivity contribution in [1.82, 2.24) is 4.90 Å². The number of anilines is 1. The molecule has 1 aliphatic rings. The number of nitrogens with zero attached hydrogens (tertiary/aromatic N) is 3. The number of hydrogen-bond donors (Lipinski definition) is 0. The lowest BCUT2D eigenvalue weighted by Crippen LogP contribution is -2.35. The fourth-order valence-electron chi connectivity index (χ4n) is 3.30. The van der Waals surface area contributed by atoms with Crippen molar-refractivity contribution in [1.29, 1.82) is 0 Å². The average molecular weight is 438 g/mol. The second-order valence-electron chi connectivity index (χ2n) is 6.82. The van der Waals surface area contributed by atoms with Gasteiger partial charge in [0.05, 0.1) is 4.92 Å². The molecule has 1 heterocycles. The summed E-state index contributed by atoms with van der Waals surface area (Å²) in [6, 6.07) is 10.8. The minimum absolute atomic E-state index is 0.0935. The highest BCUT2D eigenvalue weighted by atomic mass is 35.5. The normalized spacial score (nSPS) is 15.1. The van der Waals surface area contributed by atoms with E-state index in [1.54, 1.807) is 35.2 Å². The predicted molar refractivity (Wildman–Crippen MR) is 110 cm³/mol. The molecule has 0 bridgehead atoms. The van der Waals surface area contributed by atoms with Gasteiger partial charge in [0, 0.05) is 54.8 Å². The van der Waals surface area contributed by atoms with Crippen molar-refractivity contribution in [3.63, 3.8) is 0 Å². The van der Waals surface area contributed by atoms with Crippen molar-refractivity contribution < 1.29 is 18.1 Å². The number of rotatable bonds is 4. The average Bonchev–Trinajstić information content (AvgIpc) is 2.93. The Kier molecular flexibility index (Phi) is 6.09. The molecule has 8 nitrogen and oxygen atoms in total. The third-order valence-electron chi connectivity index (χ3n) is 4.78. The zero-order valence-electron chi connectivity index (χ0n) is 15.7. The van der Waals surface area contributed by atoms with Gasteiger partial charge in [-0.15, -0.1) is 0 Å². The van der Waals surface area contributed by atoms with Crippen LogP contribution in [0.5, 0.6) is 0 Å². The van der Waals surface area contributed by atoms with Crippen LogP contribution in [0.1, 0.15) is 16.8 Å². The molecule has 0 atom stereocenters. The first-order valence-electron chi connectivity index (χ1n) is 8.95. The molecular formula is C19H20ClN3O5S. The Bertz CT molecular complexity index is 1040. The van der Waals surface area contributed by atoms with Gasteiger partial charge >= 0.3 is 0 Å². The van der Waals surface area contributed by atoms with E-state index in [2.05, 4.69) is 0 Å². The Labute approximate surface area is 173 Å². The Morgan fingerprint density at radius 3 is 2.38 bits per heavy atom. The van der Waals surface area contributed by atoms with Crippen molar-refractivity contribution in [2.45, 2.75) is 11.3 Å². The second-order valence-corrected chi connectivity index (χ2v) is 9.24. The third-order valence-corrected chi connectivity index (χ3v) is 6.16. The maximum atomic E-state index is 12.7. The number of benzene rings is 2. The minimum atomic E-state index is -3.76. The van der Waals surface area contributed by atoms with Crippen LogP contribution < -0.4 is 4.90 Å². The molecule has 0 saturated carbocycles. The first kappa shape index (κ1) is 21.1. The number of carbonyl (C=O) groups excluding carboxylic acids is 1. The molecule has 0 spiro atoms. The van der Waals surface area contributed by atoms with Gasteiger partial charge in [-0.25, -0.2) is 8.42 Å². The summed E-state index contributed by atoms with van der Waals surface area (Å²) in [6.07, 6.45) is 1.64. The van der Waals surface area contributed by atoms with Crippen molar-refractivity contribution >= 4 is 38.7 Å². The number of sulfone groups is 1. The molecule has 154 valence electrons. The Morgan fingerprint density at radius 1 is 1.07 bits per heavy atom. The summed E-state index contributed by atoms with van der Waals surface area (Å²) in [5, 5.41) is 11.7. The lowest BCUT2D eigenvalue weighted by molar-refractivity contribution is -0.387. The number of hydrogen-bond acceptors (Lipinski definition) is 6. The van der Waals surface area contributed by atoms with E-state index in [0.29, 0.717) is 48.9 Å². The van der Waals surface area contributed by atoms with Gasteiger partial charge in [0.15, 0.2) is 9.84 Å². The zero-order valence-corrected chi connectivity index (χ0v) is 17.3. The number of amides is 1. The molecule has 1 fully saturated rings. The van der Waals surface area contributed by atoms with E-state index >= 15 is 0 Å². The van der Waals surface area contributed by atoms with Gasteiger partial charge in [-0.1, -0.05) is 11.6 Å². The van der Waals surface area contributed by atoms with Gasteiger partial charge in [0.1, 0.15) is 4.90 Å². The van der Waals surface area contributed by atoms with Crippen LogP contribution in [0, 0.1) is 10.1 Å². The smallest absolute Gasteiger partial charge is 0.288 e.